The van der Waals surface area contributed by atoms with Crippen molar-refractivity contribution >= 4 is 15.9 Å². The van der Waals surface area contributed by atoms with E-state index in [1.165, 1.54) is 12.0 Å². The van der Waals surface area contributed by atoms with Crippen LogP contribution in [0.15, 0.2) is 12.2 Å². The van der Waals surface area contributed by atoms with E-state index in [0.29, 0.717) is 5.41 Å². The number of alkyl halides is 1. The average molecular weight is 233 g/mol. The van der Waals surface area contributed by atoms with E-state index in [0.717, 1.165) is 5.33 Å². The number of allylic oxidation sites excluding steroid dienone is 1. The molecule has 0 amide bonds. The molecular formula is C11H21Br. The lowest BCUT2D eigenvalue weighted by atomic mass is 9.73. The van der Waals surface area contributed by atoms with Gasteiger partial charge in [0.05, 0.1) is 0 Å². The Morgan fingerprint density at radius 2 is 1.67 bits per heavy atom. The predicted octanol–water partition coefficient (Wildman–Crippen LogP) is 4.40. The summed E-state index contributed by atoms with van der Waals surface area (Å²) in [4.78, 5) is 0. The third-order valence-corrected chi connectivity index (χ3v) is 3.96. The van der Waals surface area contributed by atoms with Crippen LogP contribution in [0.2, 0.25) is 0 Å². The van der Waals surface area contributed by atoms with Gasteiger partial charge in [-0.25, -0.2) is 0 Å². The van der Waals surface area contributed by atoms with Gasteiger partial charge in [-0.15, -0.1) is 0 Å². The van der Waals surface area contributed by atoms with Gasteiger partial charge in [0.1, 0.15) is 0 Å². The highest BCUT2D eigenvalue weighted by atomic mass is 79.9. The molecule has 0 N–H and O–H groups in total. The minimum Gasteiger partial charge on any atom is -0.0996 e. The zero-order valence-electron chi connectivity index (χ0n) is 9.00. The fourth-order valence-electron chi connectivity index (χ4n) is 1.39. The maximum absolute atomic E-state index is 4.03. The number of halogens is 1. The average Bonchev–Trinajstić information content (AvgIpc) is 1.85. The number of rotatable bonds is 4. The minimum absolute atomic E-state index is 0.261. The van der Waals surface area contributed by atoms with Gasteiger partial charge in [-0.3, -0.25) is 0 Å². The van der Waals surface area contributed by atoms with Crippen molar-refractivity contribution < 1.29 is 0 Å². The summed E-state index contributed by atoms with van der Waals surface area (Å²) < 4.78 is 0. The Morgan fingerprint density at radius 3 is 1.92 bits per heavy atom. The van der Waals surface area contributed by atoms with Crippen molar-refractivity contribution in [3.8, 4) is 0 Å². The predicted molar refractivity (Wildman–Crippen MR) is 60.8 cm³/mol. The van der Waals surface area contributed by atoms with Crippen molar-refractivity contribution in [2.24, 2.45) is 10.8 Å². The van der Waals surface area contributed by atoms with Crippen LogP contribution in [0.5, 0.6) is 0 Å². The second-order valence-electron chi connectivity index (χ2n) is 5.14. The molecule has 0 bridgehead atoms. The maximum Gasteiger partial charge on any atom is 0.00830 e. The Bertz CT molecular complexity index is 166. The quantitative estimate of drug-likeness (QED) is 0.498. The molecule has 0 atom stereocenters. The van der Waals surface area contributed by atoms with Crippen LogP contribution in [0.1, 0.15) is 41.0 Å². The SMILES string of the molecule is C=C(C)C(C)(C)CC(C)(C)CBr. The first kappa shape index (κ1) is 12.2. The highest BCUT2D eigenvalue weighted by molar-refractivity contribution is 9.09. The van der Waals surface area contributed by atoms with E-state index in [4.69, 9.17) is 0 Å². The lowest BCUT2D eigenvalue weighted by Gasteiger charge is -2.34. The van der Waals surface area contributed by atoms with Crippen LogP contribution in [-0.4, -0.2) is 5.33 Å². The Hall–Kier alpha value is 0.220. The lowest BCUT2D eigenvalue weighted by molar-refractivity contribution is 0.257. The fourth-order valence-corrected chi connectivity index (χ4v) is 1.59. The fraction of sp³-hybridized carbons (Fsp3) is 0.818. The molecule has 0 heterocycles. The molecule has 0 aromatic rings. The largest absolute Gasteiger partial charge is 0.0996 e. The molecule has 0 saturated heterocycles. The van der Waals surface area contributed by atoms with Crippen LogP contribution in [0.4, 0.5) is 0 Å². The van der Waals surface area contributed by atoms with Crippen LogP contribution in [0.3, 0.4) is 0 Å². The van der Waals surface area contributed by atoms with E-state index < -0.39 is 0 Å². The van der Waals surface area contributed by atoms with Crippen LogP contribution in [0.25, 0.3) is 0 Å². The maximum atomic E-state index is 4.03. The van der Waals surface area contributed by atoms with Crippen LogP contribution < -0.4 is 0 Å². The van der Waals surface area contributed by atoms with Gasteiger partial charge in [0.15, 0.2) is 0 Å². The first-order chi connectivity index (χ1) is 5.21. The van der Waals surface area contributed by atoms with Crippen molar-refractivity contribution in [2.45, 2.75) is 41.0 Å². The molecule has 0 aliphatic heterocycles. The topological polar surface area (TPSA) is 0 Å². The summed E-state index contributed by atoms with van der Waals surface area (Å²) in [6, 6.07) is 0. The lowest BCUT2D eigenvalue weighted by Crippen LogP contribution is -2.24. The van der Waals surface area contributed by atoms with Gasteiger partial charge in [0, 0.05) is 5.33 Å². The van der Waals surface area contributed by atoms with Crippen LogP contribution in [0, 0.1) is 10.8 Å². The summed E-state index contributed by atoms with van der Waals surface area (Å²) in [5.74, 6) is 0. The molecule has 12 heavy (non-hydrogen) atoms. The summed E-state index contributed by atoms with van der Waals surface area (Å²) >= 11 is 3.54. The van der Waals surface area contributed by atoms with Crippen molar-refractivity contribution in [1.82, 2.24) is 0 Å². The summed E-state index contributed by atoms with van der Waals surface area (Å²) in [5.41, 5.74) is 1.90. The van der Waals surface area contributed by atoms with Gasteiger partial charge in [-0.2, -0.15) is 0 Å². The van der Waals surface area contributed by atoms with E-state index in [1.807, 2.05) is 0 Å². The van der Waals surface area contributed by atoms with E-state index in [2.05, 4.69) is 57.1 Å². The number of hydrogen-bond donors (Lipinski definition) is 0. The molecule has 0 aromatic carbocycles. The molecule has 0 fully saturated rings. The Labute approximate surface area is 85.6 Å². The molecule has 0 aromatic heterocycles. The third-order valence-electron chi connectivity index (χ3n) is 2.44. The van der Waals surface area contributed by atoms with E-state index in [9.17, 15) is 0 Å². The highest BCUT2D eigenvalue weighted by Crippen LogP contribution is 2.38. The summed E-state index contributed by atoms with van der Waals surface area (Å²) in [5, 5.41) is 1.05. The van der Waals surface area contributed by atoms with Crippen molar-refractivity contribution in [3.05, 3.63) is 12.2 Å². The monoisotopic (exact) mass is 232 g/mol. The standard InChI is InChI=1S/C11H21Br/c1-9(2)11(5,6)7-10(3,4)8-12/h1,7-8H2,2-6H3. The van der Waals surface area contributed by atoms with Gasteiger partial charge in [-0.1, -0.05) is 55.8 Å². The van der Waals surface area contributed by atoms with Gasteiger partial charge in [0.2, 0.25) is 0 Å². The van der Waals surface area contributed by atoms with E-state index in [1.54, 1.807) is 0 Å². The molecule has 0 unspecified atom stereocenters. The number of hydrogen-bond acceptors (Lipinski definition) is 0. The Balaban J connectivity index is 4.34. The van der Waals surface area contributed by atoms with E-state index >= 15 is 0 Å². The second kappa shape index (κ2) is 3.95. The Morgan fingerprint density at radius 1 is 1.25 bits per heavy atom. The van der Waals surface area contributed by atoms with Crippen molar-refractivity contribution in [1.29, 1.82) is 0 Å². The summed E-state index contributed by atoms with van der Waals surface area (Å²) in [7, 11) is 0. The van der Waals surface area contributed by atoms with Crippen LogP contribution >= 0.6 is 15.9 Å². The van der Waals surface area contributed by atoms with Gasteiger partial charge in [-0.05, 0) is 24.2 Å². The highest BCUT2D eigenvalue weighted by Gasteiger charge is 2.28. The zero-order chi connectivity index (χ0) is 9.99. The molecule has 0 spiro atoms. The molecular weight excluding hydrogens is 212 g/mol. The first-order valence-corrected chi connectivity index (χ1v) is 5.55. The van der Waals surface area contributed by atoms with Crippen molar-refractivity contribution in [2.75, 3.05) is 5.33 Å². The van der Waals surface area contributed by atoms with Gasteiger partial charge in [0.25, 0.3) is 0 Å². The molecule has 0 aliphatic rings. The van der Waals surface area contributed by atoms with Gasteiger partial charge < -0.3 is 0 Å². The Kier molecular flexibility index (Phi) is 4.02. The van der Waals surface area contributed by atoms with Gasteiger partial charge >= 0.3 is 0 Å². The molecule has 0 saturated carbocycles. The van der Waals surface area contributed by atoms with Crippen molar-refractivity contribution in [3.63, 3.8) is 0 Å². The second-order valence-corrected chi connectivity index (χ2v) is 5.70. The molecule has 1 heteroatoms. The summed E-state index contributed by atoms with van der Waals surface area (Å²) in [6.45, 7) is 15.2. The minimum atomic E-state index is 0.261. The van der Waals surface area contributed by atoms with E-state index in [-0.39, 0.29) is 5.41 Å². The molecule has 0 rings (SSSR count). The molecule has 0 nitrogen and oxygen atoms in total. The zero-order valence-corrected chi connectivity index (χ0v) is 10.6. The normalized spacial score (nSPS) is 13.2. The molecule has 0 aliphatic carbocycles. The molecule has 0 radical (unpaired) electrons. The third kappa shape index (κ3) is 3.75. The molecule has 72 valence electrons. The smallest absolute Gasteiger partial charge is 0.00830 e. The first-order valence-electron chi connectivity index (χ1n) is 4.43. The van der Waals surface area contributed by atoms with Crippen LogP contribution in [-0.2, 0) is 0 Å². The summed E-state index contributed by atoms with van der Waals surface area (Å²) in [6.07, 6.45) is 1.18.